The van der Waals surface area contributed by atoms with Crippen LogP contribution in [0.25, 0.3) is 6.08 Å². The number of esters is 1. The molecule has 0 amide bonds. The van der Waals surface area contributed by atoms with Crippen molar-refractivity contribution >= 4 is 29.1 Å². The molecule has 1 atom stereocenters. The van der Waals surface area contributed by atoms with Gasteiger partial charge in [-0.2, -0.15) is 0 Å². The summed E-state index contributed by atoms with van der Waals surface area (Å²) < 4.78 is 12.8. The largest absolute Gasteiger partial charge is 0.460 e. The molecule has 0 saturated carbocycles. The van der Waals surface area contributed by atoms with Crippen molar-refractivity contribution in [1.82, 2.24) is 4.57 Å². The molecule has 0 aliphatic carbocycles. The van der Waals surface area contributed by atoms with Gasteiger partial charge in [0.2, 0.25) is 0 Å². The van der Waals surface area contributed by atoms with Crippen LogP contribution in [0.15, 0.2) is 63.5 Å². The normalized spacial score (nSPS) is 17.4. The molecule has 0 N–H and O–H groups in total. The molecule has 3 heterocycles. The number of anilines is 1. The molecule has 2 aromatic carbocycles. The van der Waals surface area contributed by atoms with Gasteiger partial charge in [0.15, 0.2) is 4.80 Å². The number of hydrogen-bond acceptors (Lipinski definition) is 7. The minimum atomic E-state index is -0.631. The fourth-order valence-corrected chi connectivity index (χ4v) is 6.54. The number of aromatic nitrogens is 1. The third kappa shape index (κ3) is 5.56. The number of nitrogens with zero attached hydrogens (tertiary/aromatic N) is 3. The zero-order chi connectivity index (χ0) is 28.4. The van der Waals surface area contributed by atoms with E-state index in [9.17, 15) is 9.59 Å². The van der Waals surface area contributed by atoms with Gasteiger partial charge < -0.3 is 14.4 Å². The van der Waals surface area contributed by atoms with E-state index in [1.807, 2.05) is 18.2 Å². The average molecular weight is 560 g/mol. The predicted molar refractivity (Wildman–Crippen MR) is 160 cm³/mol. The topological polar surface area (TPSA) is 73.1 Å². The van der Waals surface area contributed by atoms with Crippen molar-refractivity contribution < 1.29 is 14.3 Å². The standard InChI is InChI=1S/C32H37N3O4S/c1-20(2)24-9-11-25(12-10-24)29-28(31(37)39-17-16-38-5)22(4)33-32-35(29)30(36)27(40-32)19-23-8-13-26(21(3)18-23)34-14-6-7-15-34/h8-13,18-20,29H,6-7,14-17H2,1-5H3. The third-order valence-electron chi connectivity index (χ3n) is 7.65. The summed E-state index contributed by atoms with van der Waals surface area (Å²) in [4.78, 5) is 35.0. The summed E-state index contributed by atoms with van der Waals surface area (Å²) >= 11 is 1.35. The van der Waals surface area contributed by atoms with Crippen LogP contribution >= 0.6 is 11.3 Å². The first kappa shape index (κ1) is 28.1. The summed E-state index contributed by atoms with van der Waals surface area (Å²) in [6.45, 7) is 10.8. The summed E-state index contributed by atoms with van der Waals surface area (Å²) in [7, 11) is 1.56. The fraction of sp³-hybridized carbons (Fsp3) is 0.406. The van der Waals surface area contributed by atoms with Crippen LogP contribution in [0.2, 0.25) is 0 Å². The van der Waals surface area contributed by atoms with E-state index in [0.29, 0.717) is 33.1 Å². The van der Waals surface area contributed by atoms with Crippen molar-refractivity contribution in [2.45, 2.75) is 52.5 Å². The van der Waals surface area contributed by atoms with Crippen LogP contribution in [0.3, 0.4) is 0 Å². The maximum atomic E-state index is 14.0. The first-order chi connectivity index (χ1) is 19.3. The molecule has 8 heteroatoms. The molecule has 40 heavy (non-hydrogen) atoms. The second-order valence-corrected chi connectivity index (χ2v) is 11.8. The van der Waals surface area contributed by atoms with Gasteiger partial charge in [-0.1, -0.05) is 55.5 Å². The van der Waals surface area contributed by atoms with E-state index in [2.05, 4.69) is 56.0 Å². The minimum absolute atomic E-state index is 0.127. The number of hydrogen-bond donors (Lipinski definition) is 0. The highest BCUT2D eigenvalue weighted by atomic mass is 32.1. The van der Waals surface area contributed by atoms with Gasteiger partial charge in [-0.3, -0.25) is 9.36 Å². The first-order valence-electron chi connectivity index (χ1n) is 13.9. The summed E-state index contributed by atoms with van der Waals surface area (Å²) in [5.74, 6) is -0.120. The Kier molecular flexibility index (Phi) is 8.38. The number of methoxy groups -OCH3 is 1. The van der Waals surface area contributed by atoms with Crippen LogP contribution < -0.4 is 19.8 Å². The number of aryl methyl sites for hydroxylation is 1. The molecule has 0 radical (unpaired) electrons. The van der Waals surface area contributed by atoms with Gasteiger partial charge in [0.1, 0.15) is 6.61 Å². The van der Waals surface area contributed by atoms with Crippen molar-refractivity contribution in [2.24, 2.45) is 4.99 Å². The average Bonchev–Trinajstić information content (AvgIpc) is 3.56. The van der Waals surface area contributed by atoms with Gasteiger partial charge in [-0.25, -0.2) is 9.79 Å². The molecule has 7 nitrogen and oxygen atoms in total. The van der Waals surface area contributed by atoms with Crippen molar-refractivity contribution in [3.8, 4) is 0 Å². The fourth-order valence-electron chi connectivity index (χ4n) is 5.49. The van der Waals surface area contributed by atoms with Crippen LogP contribution in [0.4, 0.5) is 5.69 Å². The Morgan fingerprint density at radius 2 is 1.82 bits per heavy atom. The summed E-state index contributed by atoms with van der Waals surface area (Å²) in [5, 5.41) is 0. The molecule has 2 aliphatic heterocycles. The van der Waals surface area contributed by atoms with Gasteiger partial charge in [-0.05, 0) is 73.1 Å². The number of carbonyl (C=O) groups is 1. The molecule has 1 unspecified atom stereocenters. The molecule has 5 rings (SSSR count). The number of ether oxygens (including phenoxy) is 2. The molecule has 0 spiro atoms. The Hall–Kier alpha value is -3.49. The highest BCUT2D eigenvalue weighted by molar-refractivity contribution is 7.07. The summed E-state index contributed by atoms with van der Waals surface area (Å²) in [6.07, 6.45) is 4.38. The van der Waals surface area contributed by atoms with Gasteiger partial charge in [0.05, 0.1) is 28.5 Å². The predicted octanol–water partition coefficient (Wildman–Crippen LogP) is 4.46. The lowest BCUT2D eigenvalue weighted by Gasteiger charge is -2.25. The lowest BCUT2D eigenvalue weighted by molar-refractivity contribution is -0.140. The van der Waals surface area contributed by atoms with E-state index in [-0.39, 0.29) is 12.2 Å². The van der Waals surface area contributed by atoms with Crippen molar-refractivity contribution in [1.29, 1.82) is 0 Å². The number of rotatable bonds is 8. The molecular formula is C32H37N3O4S. The lowest BCUT2D eigenvalue weighted by atomic mass is 9.93. The van der Waals surface area contributed by atoms with Crippen LogP contribution in [0.1, 0.15) is 67.8 Å². The van der Waals surface area contributed by atoms with Crippen LogP contribution in [-0.2, 0) is 14.3 Å². The molecule has 210 valence electrons. The van der Waals surface area contributed by atoms with Crippen molar-refractivity contribution in [3.63, 3.8) is 0 Å². The van der Waals surface area contributed by atoms with Gasteiger partial charge >= 0.3 is 5.97 Å². The summed E-state index contributed by atoms with van der Waals surface area (Å²) in [5.41, 5.74) is 6.22. The Labute approximate surface area is 239 Å². The van der Waals surface area contributed by atoms with Crippen LogP contribution in [0.5, 0.6) is 0 Å². The number of thiazole rings is 1. The number of carbonyl (C=O) groups excluding carboxylic acids is 1. The zero-order valence-electron chi connectivity index (χ0n) is 23.9. The molecule has 3 aromatic rings. The van der Waals surface area contributed by atoms with E-state index in [1.165, 1.54) is 41.0 Å². The highest BCUT2D eigenvalue weighted by Gasteiger charge is 2.33. The van der Waals surface area contributed by atoms with Crippen LogP contribution in [-0.4, -0.2) is 43.9 Å². The van der Waals surface area contributed by atoms with Crippen molar-refractivity contribution in [3.05, 3.63) is 95.7 Å². The second-order valence-electron chi connectivity index (χ2n) is 10.8. The molecule has 1 saturated heterocycles. The zero-order valence-corrected chi connectivity index (χ0v) is 24.7. The Morgan fingerprint density at radius 1 is 1.10 bits per heavy atom. The van der Waals surface area contributed by atoms with Crippen LogP contribution in [0, 0.1) is 6.92 Å². The molecule has 0 bridgehead atoms. The van der Waals surface area contributed by atoms with E-state index < -0.39 is 12.0 Å². The highest BCUT2D eigenvalue weighted by Crippen LogP contribution is 2.32. The van der Waals surface area contributed by atoms with Gasteiger partial charge in [-0.15, -0.1) is 0 Å². The molecule has 2 aliphatic rings. The second kappa shape index (κ2) is 11.9. The smallest absolute Gasteiger partial charge is 0.338 e. The monoisotopic (exact) mass is 559 g/mol. The SMILES string of the molecule is COCCOC(=O)C1=C(C)N=c2sc(=Cc3ccc(N4CCCC4)c(C)c3)c(=O)n2C1c1ccc(C(C)C)cc1. The maximum absolute atomic E-state index is 14.0. The van der Waals surface area contributed by atoms with E-state index >= 15 is 0 Å². The van der Waals surface area contributed by atoms with Gasteiger partial charge in [0.25, 0.3) is 5.56 Å². The number of fused-ring (bicyclic) bond motifs is 1. The minimum Gasteiger partial charge on any atom is -0.460 e. The molecule has 1 fully saturated rings. The molecule has 1 aromatic heterocycles. The van der Waals surface area contributed by atoms with E-state index in [0.717, 1.165) is 24.2 Å². The quantitative estimate of drug-likeness (QED) is 0.301. The first-order valence-corrected chi connectivity index (χ1v) is 14.7. The summed E-state index contributed by atoms with van der Waals surface area (Å²) in [6, 6.07) is 13.9. The number of allylic oxidation sites excluding steroid dienone is 1. The Morgan fingerprint density at radius 3 is 2.48 bits per heavy atom. The van der Waals surface area contributed by atoms with E-state index in [4.69, 9.17) is 14.5 Å². The Bertz CT molecular complexity index is 1610. The van der Waals surface area contributed by atoms with E-state index in [1.54, 1.807) is 18.6 Å². The Balaban J connectivity index is 1.59. The van der Waals surface area contributed by atoms with Crippen molar-refractivity contribution in [2.75, 3.05) is 38.3 Å². The number of benzene rings is 2. The van der Waals surface area contributed by atoms with Gasteiger partial charge in [0, 0.05) is 25.9 Å². The third-order valence-corrected chi connectivity index (χ3v) is 8.63. The molecular weight excluding hydrogens is 522 g/mol. The maximum Gasteiger partial charge on any atom is 0.338 e. The lowest BCUT2D eigenvalue weighted by Crippen LogP contribution is -2.40.